The first-order chi connectivity index (χ1) is 13.8. The fraction of sp³-hybridized carbons (Fsp3) is 0.174. The van der Waals surface area contributed by atoms with Gasteiger partial charge in [-0.2, -0.15) is 0 Å². The van der Waals surface area contributed by atoms with Crippen LogP contribution in [-0.2, 0) is 22.1 Å². The molecule has 0 amide bonds. The Kier molecular flexibility index (Phi) is 5.19. The van der Waals surface area contributed by atoms with Gasteiger partial charge in [0, 0.05) is 11.6 Å². The molecule has 0 bridgehead atoms. The van der Waals surface area contributed by atoms with Gasteiger partial charge in [-0.15, -0.1) is 0 Å². The van der Waals surface area contributed by atoms with Crippen LogP contribution in [0.15, 0.2) is 71.6 Å². The van der Waals surface area contributed by atoms with Crippen LogP contribution in [0.25, 0.3) is 11.0 Å². The summed E-state index contributed by atoms with van der Waals surface area (Å²) in [6.45, 7) is 4.42. The third kappa shape index (κ3) is 3.93. The maximum atomic E-state index is 12.9. The number of benzene rings is 3. The zero-order chi connectivity index (χ0) is 20.6. The van der Waals surface area contributed by atoms with Crippen LogP contribution >= 0.6 is 11.6 Å². The molecule has 0 fully saturated rings. The minimum atomic E-state index is -3.51. The Bertz CT molecular complexity index is 1300. The average molecular weight is 425 g/mol. The molecule has 4 rings (SSSR count). The molecule has 4 aromatic rings. The second-order valence-corrected chi connectivity index (χ2v) is 9.54. The van der Waals surface area contributed by atoms with E-state index in [9.17, 15) is 8.42 Å². The Morgan fingerprint density at radius 1 is 0.931 bits per heavy atom. The van der Waals surface area contributed by atoms with E-state index in [1.165, 1.54) is 5.56 Å². The number of fused-ring (bicyclic) bond motifs is 1. The Morgan fingerprint density at radius 3 is 2.45 bits per heavy atom. The van der Waals surface area contributed by atoms with Gasteiger partial charge in [-0.3, -0.25) is 0 Å². The van der Waals surface area contributed by atoms with E-state index in [4.69, 9.17) is 11.6 Å². The fourth-order valence-corrected chi connectivity index (χ4v) is 5.44. The number of aryl methyl sites for hydroxylation is 1. The fourth-order valence-electron chi connectivity index (χ4n) is 3.57. The molecule has 0 radical (unpaired) electrons. The van der Waals surface area contributed by atoms with Gasteiger partial charge >= 0.3 is 0 Å². The molecule has 0 saturated carbocycles. The smallest absolute Gasteiger partial charge is 0.182 e. The van der Waals surface area contributed by atoms with E-state index < -0.39 is 9.84 Å². The van der Waals surface area contributed by atoms with E-state index in [1.54, 1.807) is 25.1 Å². The largest absolute Gasteiger partial charge is 0.324 e. The quantitative estimate of drug-likeness (QED) is 0.435. The molecule has 1 aromatic heterocycles. The van der Waals surface area contributed by atoms with E-state index in [2.05, 4.69) is 21.7 Å². The summed E-state index contributed by atoms with van der Waals surface area (Å²) in [5, 5.41) is 0.455. The van der Waals surface area contributed by atoms with Crippen molar-refractivity contribution in [3.8, 4) is 0 Å². The molecule has 148 valence electrons. The van der Waals surface area contributed by atoms with E-state index >= 15 is 0 Å². The summed E-state index contributed by atoms with van der Waals surface area (Å²) >= 11 is 6.11. The van der Waals surface area contributed by atoms with Gasteiger partial charge in [0.25, 0.3) is 0 Å². The van der Waals surface area contributed by atoms with Crippen molar-refractivity contribution >= 4 is 32.5 Å². The number of hydrogen-bond acceptors (Lipinski definition) is 3. The lowest BCUT2D eigenvalue weighted by Crippen LogP contribution is -2.07. The zero-order valence-corrected chi connectivity index (χ0v) is 17.8. The summed E-state index contributed by atoms with van der Waals surface area (Å²) in [4.78, 5) is 4.93. The van der Waals surface area contributed by atoms with Crippen molar-refractivity contribution in [2.24, 2.45) is 0 Å². The van der Waals surface area contributed by atoms with Crippen molar-refractivity contribution in [3.63, 3.8) is 0 Å². The Hall–Kier alpha value is -2.63. The highest BCUT2D eigenvalue weighted by atomic mass is 35.5. The molecular formula is C23H21ClN2O2S. The molecule has 0 spiro atoms. The standard InChI is InChI=1S/C23H21ClN2O2S/c1-16-20(24)9-6-10-23(16)29(27,28)15-19-11-12-22-21(13-19)25-17(2)26(22)14-18-7-4-3-5-8-18/h3-13H,14-15H2,1-2H3. The molecule has 0 saturated heterocycles. The number of aromatic nitrogens is 2. The van der Waals surface area contributed by atoms with Crippen LogP contribution in [-0.4, -0.2) is 18.0 Å². The number of hydrogen-bond donors (Lipinski definition) is 0. The van der Waals surface area contributed by atoms with Crippen molar-refractivity contribution in [3.05, 3.63) is 94.3 Å². The van der Waals surface area contributed by atoms with Gasteiger partial charge in [0.1, 0.15) is 5.82 Å². The van der Waals surface area contributed by atoms with Gasteiger partial charge in [0.15, 0.2) is 9.84 Å². The SMILES string of the molecule is Cc1c(Cl)cccc1S(=O)(=O)Cc1ccc2c(c1)nc(C)n2Cc1ccccc1. The summed E-state index contributed by atoms with van der Waals surface area (Å²) in [6, 6.07) is 20.8. The molecule has 0 aliphatic carbocycles. The summed E-state index contributed by atoms with van der Waals surface area (Å²) in [7, 11) is -3.51. The first kappa shape index (κ1) is 19.7. The molecule has 6 heteroatoms. The third-order valence-corrected chi connectivity index (χ3v) is 7.33. The van der Waals surface area contributed by atoms with Crippen molar-refractivity contribution < 1.29 is 8.42 Å². The predicted molar refractivity (Wildman–Crippen MR) is 117 cm³/mol. The lowest BCUT2D eigenvalue weighted by atomic mass is 10.2. The lowest BCUT2D eigenvalue weighted by Gasteiger charge is -2.10. The minimum absolute atomic E-state index is 0.0886. The molecule has 29 heavy (non-hydrogen) atoms. The van der Waals surface area contributed by atoms with Gasteiger partial charge in [0.05, 0.1) is 21.7 Å². The molecule has 0 atom stereocenters. The Morgan fingerprint density at radius 2 is 1.69 bits per heavy atom. The lowest BCUT2D eigenvalue weighted by molar-refractivity contribution is 0.594. The summed E-state index contributed by atoms with van der Waals surface area (Å²) in [6.07, 6.45) is 0. The van der Waals surface area contributed by atoms with Crippen LogP contribution in [0.3, 0.4) is 0 Å². The highest BCUT2D eigenvalue weighted by molar-refractivity contribution is 7.90. The Balaban J connectivity index is 1.67. The second kappa shape index (κ2) is 7.65. The summed E-state index contributed by atoms with van der Waals surface area (Å²) in [5.74, 6) is 0.809. The van der Waals surface area contributed by atoms with Crippen LogP contribution < -0.4 is 0 Å². The van der Waals surface area contributed by atoms with E-state index in [0.717, 1.165) is 23.4 Å². The van der Waals surface area contributed by atoms with E-state index in [-0.39, 0.29) is 10.6 Å². The number of sulfone groups is 1. The maximum Gasteiger partial charge on any atom is 0.182 e. The zero-order valence-electron chi connectivity index (χ0n) is 16.3. The van der Waals surface area contributed by atoms with Crippen molar-refractivity contribution in [1.29, 1.82) is 0 Å². The number of imidazole rings is 1. The molecule has 0 aliphatic rings. The molecule has 4 nitrogen and oxygen atoms in total. The molecule has 0 unspecified atom stereocenters. The van der Waals surface area contributed by atoms with Crippen LogP contribution in [0, 0.1) is 13.8 Å². The van der Waals surface area contributed by atoms with Crippen LogP contribution in [0.4, 0.5) is 0 Å². The van der Waals surface area contributed by atoms with Gasteiger partial charge in [-0.1, -0.05) is 54.1 Å². The molecule has 0 aliphatic heterocycles. The van der Waals surface area contributed by atoms with Gasteiger partial charge in [0.2, 0.25) is 0 Å². The normalized spacial score (nSPS) is 11.8. The number of rotatable bonds is 5. The highest BCUT2D eigenvalue weighted by Crippen LogP contribution is 2.27. The van der Waals surface area contributed by atoms with Gasteiger partial charge in [-0.25, -0.2) is 13.4 Å². The number of nitrogens with zero attached hydrogens (tertiary/aromatic N) is 2. The van der Waals surface area contributed by atoms with Crippen LogP contribution in [0.2, 0.25) is 5.02 Å². The monoisotopic (exact) mass is 424 g/mol. The molecule has 1 heterocycles. The van der Waals surface area contributed by atoms with Crippen LogP contribution in [0.1, 0.15) is 22.5 Å². The van der Waals surface area contributed by atoms with E-state index in [0.29, 0.717) is 16.1 Å². The highest BCUT2D eigenvalue weighted by Gasteiger charge is 2.20. The minimum Gasteiger partial charge on any atom is -0.324 e. The second-order valence-electron chi connectivity index (χ2n) is 7.18. The maximum absolute atomic E-state index is 12.9. The first-order valence-corrected chi connectivity index (χ1v) is 11.4. The summed E-state index contributed by atoms with van der Waals surface area (Å²) in [5.41, 5.74) is 4.28. The van der Waals surface area contributed by atoms with Gasteiger partial charge < -0.3 is 4.57 Å². The number of halogens is 1. The molecule has 0 N–H and O–H groups in total. The van der Waals surface area contributed by atoms with Crippen molar-refractivity contribution in [2.75, 3.05) is 0 Å². The predicted octanol–water partition coefficient (Wildman–Crippen LogP) is 5.33. The molecule has 3 aromatic carbocycles. The third-order valence-electron chi connectivity index (χ3n) is 5.10. The molecular weight excluding hydrogens is 404 g/mol. The summed E-state index contributed by atoms with van der Waals surface area (Å²) < 4.78 is 28.0. The first-order valence-electron chi connectivity index (χ1n) is 9.33. The topological polar surface area (TPSA) is 52.0 Å². The van der Waals surface area contributed by atoms with Crippen LogP contribution in [0.5, 0.6) is 0 Å². The van der Waals surface area contributed by atoms with E-state index in [1.807, 2.05) is 43.3 Å². The Labute approximate surface area is 175 Å². The average Bonchev–Trinajstić information content (AvgIpc) is 2.99. The van der Waals surface area contributed by atoms with Crippen molar-refractivity contribution in [1.82, 2.24) is 9.55 Å². The van der Waals surface area contributed by atoms with Gasteiger partial charge in [-0.05, 0) is 54.8 Å². The van der Waals surface area contributed by atoms with Crippen molar-refractivity contribution in [2.45, 2.75) is 31.0 Å².